The van der Waals surface area contributed by atoms with Crippen molar-refractivity contribution in [2.45, 2.75) is 83.7 Å². The van der Waals surface area contributed by atoms with Gasteiger partial charge in [0, 0.05) is 6.42 Å². The molecule has 2 unspecified atom stereocenters. The first-order valence-corrected chi connectivity index (χ1v) is 9.15. The largest absolute Gasteiger partial charge is 0.481 e. The Labute approximate surface area is 135 Å². The van der Waals surface area contributed by atoms with Crippen LogP contribution in [-0.2, 0) is 14.3 Å². The molecule has 0 aromatic heterocycles. The van der Waals surface area contributed by atoms with Crippen molar-refractivity contribution in [3.8, 4) is 0 Å². The van der Waals surface area contributed by atoms with Gasteiger partial charge in [0.15, 0.2) is 0 Å². The zero-order valence-corrected chi connectivity index (χ0v) is 14.2. The van der Waals surface area contributed by atoms with Crippen LogP contribution >= 0.6 is 0 Å². The highest BCUT2D eigenvalue weighted by Gasteiger charge is 2.24. The van der Waals surface area contributed by atoms with Gasteiger partial charge in [0.2, 0.25) is 0 Å². The van der Waals surface area contributed by atoms with E-state index >= 15 is 0 Å². The van der Waals surface area contributed by atoms with Gasteiger partial charge in [0.05, 0.1) is 25.9 Å². The van der Waals surface area contributed by atoms with Crippen molar-refractivity contribution in [2.24, 2.45) is 5.92 Å². The predicted octanol–water partition coefficient (Wildman–Crippen LogP) is 4.41. The first-order valence-electron chi connectivity index (χ1n) is 9.15. The Morgan fingerprint density at radius 2 is 1.73 bits per heavy atom. The molecule has 0 amide bonds. The molecule has 1 fully saturated rings. The van der Waals surface area contributed by atoms with Crippen LogP contribution in [0.25, 0.3) is 0 Å². The highest BCUT2D eigenvalue weighted by atomic mass is 16.6. The summed E-state index contributed by atoms with van der Waals surface area (Å²) in [6.07, 6.45) is 12.4. The second-order valence-electron chi connectivity index (χ2n) is 6.44. The van der Waals surface area contributed by atoms with Crippen molar-refractivity contribution in [3.05, 3.63) is 0 Å². The van der Waals surface area contributed by atoms with Gasteiger partial charge >= 0.3 is 5.97 Å². The van der Waals surface area contributed by atoms with Gasteiger partial charge in [0.1, 0.15) is 0 Å². The first-order chi connectivity index (χ1) is 10.7. The lowest BCUT2D eigenvalue weighted by atomic mass is 9.89. The van der Waals surface area contributed by atoms with E-state index in [1.165, 1.54) is 44.9 Å². The highest BCUT2D eigenvalue weighted by molar-refractivity contribution is 5.66. The molecule has 0 bridgehead atoms. The monoisotopic (exact) mass is 314 g/mol. The minimum Gasteiger partial charge on any atom is -0.481 e. The van der Waals surface area contributed by atoms with Gasteiger partial charge in [-0.2, -0.15) is 0 Å². The first kappa shape index (κ1) is 19.4. The second-order valence-corrected chi connectivity index (χ2v) is 6.44. The predicted molar refractivity (Wildman–Crippen MR) is 88.1 cm³/mol. The molecule has 1 aliphatic rings. The smallest absolute Gasteiger partial charge is 0.303 e. The van der Waals surface area contributed by atoms with E-state index < -0.39 is 5.97 Å². The van der Waals surface area contributed by atoms with Crippen molar-refractivity contribution in [1.29, 1.82) is 0 Å². The molecule has 0 aliphatic carbocycles. The van der Waals surface area contributed by atoms with Crippen molar-refractivity contribution in [2.75, 3.05) is 19.8 Å². The quantitative estimate of drug-likeness (QED) is 0.511. The number of hydrogen-bond acceptors (Lipinski definition) is 3. The molecule has 1 heterocycles. The molecule has 1 saturated heterocycles. The molecule has 2 atom stereocenters. The number of carbonyl (C=O) groups is 1. The normalized spacial score (nSPS) is 20.0. The minimum absolute atomic E-state index is 0.273. The van der Waals surface area contributed by atoms with Crippen LogP contribution in [0.15, 0.2) is 0 Å². The molecule has 130 valence electrons. The Morgan fingerprint density at radius 3 is 2.32 bits per heavy atom. The van der Waals surface area contributed by atoms with Crippen LogP contribution in [0.5, 0.6) is 0 Å². The van der Waals surface area contributed by atoms with E-state index in [-0.39, 0.29) is 6.10 Å². The topological polar surface area (TPSA) is 55.8 Å². The van der Waals surface area contributed by atoms with E-state index in [0.29, 0.717) is 12.3 Å². The maximum absolute atomic E-state index is 10.5. The molecule has 1 aliphatic heterocycles. The van der Waals surface area contributed by atoms with Crippen LogP contribution in [0.2, 0.25) is 0 Å². The third-order valence-electron chi connectivity index (χ3n) is 4.51. The highest BCUT2D eigenvalue weighted by Crippen LogP contribution is 2.25. The number of ether oxygens (including phenoxy) is 2. The Morgan fingerprint density at radius 1 is 1.05 bits per heavy atom. The van der Waals surface area contributed by atoms with Crippen LogP contribution in [0.4, 0.5) is 0 Å². The fourth-order valence-electron chi connectivity index (χ4n) is 3.16. The van der Waals surface area contributed by atoms with Crippen molar-refractivity contribution >= 4 is 5.97 Å². The molecular weight excluding hydrogens is 280 g/mol. The fourth-order valence-corrected chi connectivity index (χ4v) is 3.16. The van der Waals surface area contributed by atoms with Crippen LogP contribution in [0, 0.1) is 5.92 Å². The summed E-state index contributed by atoms with van der Waals surface area (Å²) in [7, 11) is 0. The van der Waals surface area contributed by atoms with E-state index in [1.54, 1.807) is 0 Å². The molecule has 0 aromatic carbocycles. The second kappa shape index (κ2) is 12.9. The van der Waals surface area contributed by atoms with Gasteiger partial charge in [-0.15, -0.1) is 0 Å². The molecule has 0 saturated carbocycles. The molecule has 0 radical (unpaired) electrons. The Hall–Kier alpha value is -0.610. The van der Waals surface area contributed by atoms with E-state index in [1.807, 2.05) is 0 Å². The summed E-state index contributed by atoms with van der Waals surface area (Å²) >= 11 is 0. The number of rotatable bonds is 13. The third kappa shape index (κ3) is 9.42. The number of aliphatic carboxylic acids is 1. The molecule has 0 aromatic rings. The zero-order valence-electron chi connectivity index (χ0n) is 14.2. The molecule has 1 rings (SSSR count). The van der Waals surface area contributed by atoms with E-state index in [9.17, 15) is 4.79 Å². The molecule has 1 N–H and O–H groups in total. The minimum atomic E-state index is -0.679. The van der Waals surface area contributed by atoms with E-state index in [4.69, 9.17) is 14.6 Å². The Balaban J connectivity index is 2.20. The van der Waals surface area contributed by atoms with Crippen LogP contribution in [0.1, 0.15) is 77.6 Å². The average molecular weight is 314 g/mol. The lowest BCUT2D eigenvalue weighted by Crippen LogP contribution is -2.35. The fraction of sp³-hybridized carbons (Fsp3) is 0.944. The van der Waals surface area contributed by atoms with Crippen LogP contribution in [-0.4, -0.2) is 37.0 Å². The summed E-state index contributed by atoms with van der Waals surface area (Å²) in [5.41, 5.74) is 0. The summed E-state index contributed by atoms with van der Waals surface area (Å²) < 4.78 is 11.5. The maximum Gasteiger partial charge on any atom is 0.303 e. The van der Waals surface area contributed by atoms with Gasteiger partial charge in [-0.1, -0.05) is 51.9 Å². The van der Waals surface area contributed by atoms with Gasteiger partial charge in [0.25, 0.3) is 0 Å². The number of carboxylic acid groups (broad SMARTS) is 1. The molecule has 4 nitrogen and oxygen atoms in total. The number of carboxylic acids is 1. The Kier molecular flexibility index (Phi) is 11.4. The van der Waals surface area contributed by atoms with E-state index in [2.05, 4.69) is 6.92 Å². The van der Waals surface area contributed by atoms with Gasteiger partial charge in [-0.25, -0.2) is 0 Å². The van der Waals surface area contributed by atoms with Gasteiger partial charge in [-0.05, 0) is 25.2 Å². The summed E-state index contributed by atoms with van der Waals surface area (Å²) in [5.74, 6) is -0.0711. The van der Waals surface area contributed by atoms with E-state index in [0.717, 1.165) is 39.1 Å². The van der Waals surface area contributed by atoms with Crippen molar-refractivity contribution < 1.29 is 19.4 Å². The molecule has 0 spiro atoms. The van der Waals surface area contributed by atoms with Crippen LogP contribution in [0.3, 0.4) is 0 Å². The van der Waals surface area contributed by atoms with Crippen LogP contribution < -0.4 is 0 Å². The third-order valence-corrected chi connectivity index (χ3v) is 4.51. The lowest BCUT2D eigenvalue weighted by molar-refractivity contribution is -0.137. The van der Waals surface area contributed by atoms with Crippen molar-refractivity contribution in [1.82, 2.24) is 0 Å². The number of unbranched alkanes of at least 4 members (excludes halogenated alkanes) is 6. The molecule has 22 heavy (non-hydrogen) atoms. The maximum atomic E-state index is 10.5. The SMILES string of the molecule is CCCCCCC(CCCCCCC(=O)O)C1COCCO1. The lowest BCUT2D eigenvalue weighted by Gasteiger charge is -2.30. The molecular formula is C18H34O4. The summed E-state index contributed by atoms with van der Waals surface area (Å²) in [4.78, 5) is 10.5. The summed E-state index contributed by atoms with van der Waals surface area (Å²) in [6.45, 7) is 4.45. The molecule has 4 heteroatoms. The standard InChI is InChI=1S/C18H34O4/c1-2-3-4-7-10-16(17-15-21-13-14-22-17)11-8-5-6-9-12-18(19)20/h16-17H,2-15H2,1H3,(H,19,20). The van der Waals surface area contributed by atoms with Crippen molar-refractivity contribution in [3.63, 3.8) is 0 Å². The average Bonchev–Trinajstić information content (AvgIpc) is 2.53. The zero-order chi connectivity index (χ0) is 16.0. The Bertz CT molecular complexity index is 274. The van der Waals surface area contributed by atoms with Gasteiger partial charge in [-0.3, -0.25) is 4.79 Å². The summed E-state index contributed by atoms with van der Waals surface area (Å²) in [6, 6.07) is 0. The summed E-state index contributed by atoms with van der Waals surface area (Å²) in [5, 5.41) is 8.64. The van der Waals surface area contributed by atoms with Gasteiger partial charge < -0.3 is 14.6 Å². The number of hydrogen-bond donors (Lipinski definition) is 1.